The molecule has 1 aliphatic carbocycles. The predicted octanol–water partition coefficient (Wildman–Crippen LogP) is 3.06. The molecule has 110 valence electrons. The molecule has 1 aliphatic rings. The standard InChI is InChI=1S/C18H16N2O2/c19-11-13-4-8-17(9-5-13)22-12-18(21)20-16-7-6-14-2-1-3-15(14)10-16/h4-10H,1-3,12H2,(H,20,21). The van der Waals surface area contributed by atoms with E-state index < -0.39 is 0 Å². The molecule has 22 heavy (non-hydrogen) atoms. The molecule has 0 unspecified atom stereocenters. The normalized spacial score (nSPS) is 12.3. The molecule has 0 aliphatic heterocycles. The van der Waals surface area contributed by atoms with Gasteiger partial charge in [-0.2, -0.15) is 5.26 Å². The van der Waals surface area contributed by atoms with Crippen molar-refractivity contribution in [1.29, 1.82) is 5.26 Å². The number of rotatable bonds is 4. The SMILES string of the molecule is N#Cc1ccc(OCC(=O)Nc2ccc3c(c2)CCC3)cc1. The van der Waals surface area contributed by atoms with E-state index in [-0.39, 0.29) is 12.5 Å². The molecule has 0 saturated heterocycles. The molecule has 4 heteroatoms. The third-order valence-corrected chi connectivity index (χ3v) is 3.74. The maximum Gasteiger partial charge on any atom is 0.262 e. The van der Waals surface area contributed by atoms with Gasteiger partial charge >= 0.3 is 0 Å². The molecule has 0 heterocycles. The first-order valence-corrected chi connectivity index (χ1v) is 7.29. The number of anilines is 1. The quantitative estimate of drug-likeness (QED) is 0.942. The second-order valence-electron chi connectivity index (χ2n) is 5.31. The molecule has 0 bridgehead atoms. The minimum absolute atomic E-state index is 0.0526. The number of nitrogens with zero attached hydrogens (tertiary/aromatic N) is 1. The Morgan fingerprint density at radius 2 is 1.91 bits per heavy atom. The van der Waals surface area contributed by atoms with Gasteiger partial charge in [-0.15, -0.1) is 0 Å². The van der Waals surface area contributed by atoms with Crippen LogP contribution in [0.1, 0.15) is 23.1 Å². The number of nitriles is 1. The molecule has 1 amide bonds. The number of aryl methyl sites for hydroxylation is 2. The highest BCUT2D eigenvalue weighted by atomic mass is 16.5. The Hall–Kier alpha value is -2.80. The highest BCUT2D eigenvalue weighted by Gasteiger charge is 2.12. The van der Waals surface area contributed by atoms with Crippen LogP contribution in [0.4, 0.5) is 5.69 Å². The minimum Gasteiger partial charge on any atom is -0.484 e. The first-order chi connectivity index (χ1) is 10.7. The van der Waals surface area contributed by atoms with Gasteiger partial charge in [0, 0.05) is 5.69 Å². The summed E-state index contributed by atoms with van der Waals surface area (Å²) >= 11 is 0. The molecule has 3 rings (SSSR count). The summed E-state index contributed by atoms with van der Waals surface area (Å²) < 4.78 is 5.41. The van der Waals surface area contributed by atoms with Gasteiger partial charge in [0.2, 0.25) is 0 Å². The summed E-state index contributed by atoms with van der Waals surface area (Å²) in [5.74, 6) is 0.380. The van der Waals surface area contributed by atoms with Crippen LogP contribution in [-0.2, 0) is 17.6 Å². The monoisotopic (exact) mass is 292 g/mol. The number of hydrogen-bond donors (Lipinski definition) is 1. The fourth-order valence-corrected chi connectivity index (χ4v) is 2.62. The largest absolute Gasteiger partial charge is 0.484 e. The molecule has 0 atom stereocenters. The van der Waals surface area contributed by atoms with Crippen molar-refractivity contribution in [2.45, 2.75) is 19.3 Å². The lowest BCUT2D eigenvalue weighted by atomic mass is 10.1. The van der Waals surface area contributed by atoms with E-state index in [1.54, 1.807) is 24.3 Å². The minimum atomic E-state index is -0.192. The van der Waals surface area contributed by atoms with Gasteiger partial charge in [-0.05, 0) is 66.8 Å². The summed E-state index contributed by atoms with van der Waals surface area (Å²) in [5.41, 5.74) is 4.08. The summed E-state index contributed by atoms with van der Waals surface area (Å²) in [7, 11) is 0. The third kappa shape index (κ3) is 3.26. The van der Waals surface area contributed by atoms with E-state index >= 15 is 0 Å². The number of benzene rings is 2. The molecule has 0 fully saturated rings. The van der Waals surface area contributed by atoms with Gasteiger partial charge in [-0.3, -0.25) is 4.79 Å². The van der Waals surface area contributed by atoms with Crippen LogP contribution < -0.4 is 10.1 Å². The number of carbonyl (C=O) groups excluding carboxylic acids is 1. The topological polar surface area (TPSA) is 62.1 Å². The number of amides is 1. The fourth-order valence-electron chi connectivity index (χ4n) is 2.62. The number of ether oxygens (including phenoxy) is 1. The van der Waals surface area contributed by atoms with Gasteiger partial charge in [-0.1, -0.05) is 6.07 Å². The lowest BCUT2D eigenvalue weighted by Gasteiger charge is -2.09. The van der Waals surface area contributed by atoms with E-state index in [9.17, 15) is 4.79 Å². The van der Waals surface area contributed by atoms with E-state index in [1.165, 1.54) is 17.5 Å². The average Bonchev–Trinajstić information content (AvgIpc) is 3.01. The molecular weight excluding hydrogens is 276 g/mol. The number of carbonyl (C=O) groups is 1. The Kier molecular flexibility index (Phi) is 4.06. The third-order valence-electron chi connectivity index (χ3n) is 3.74. The van der Waals surface area contributed by atoms with E-state index in [4.69, 9.17) is 10.00 Å². The number of hydrogen-bond acceptors (Lipinski definition) is 3. The van der Waals surface area contributed by atoms with Gasteiger partial charge in [0.05, 0.1) is 11.6 Å². The van der Waals surface area contributed by atoms with E-state index in [1.807, 2.05) is 18.2 Å². The second kappa shape index (κ2) is 6.31. The summed E-state index contributed by atoms with van der Waals surface area (Å²) in [5, 5.41) is 11.6. The van der Waals surface area contributed by atoms with Crippen LogP contribution in [-0.4, -0.2) is 12.5 Å². The zero-order chi connectivity index (χ0) is 15.4. The van der Waals surface area contributed by atoms with Crippen LogP contribution in [0, 0.1) is 11.3 Å². The van der Waals surface area contributed by atoms with Gasteiger partial charge in [0.25, 0.3) is 5.91 Å². The van der Waals surface area contributed by atoms with Crippen molar-refractivity contribution < 1.29 is 9.53 Å². The summed E-state index contributed by atoms with van der Waals surface area (Å²) in [6.45, 7) is -0.0526. The van der Waals surface area contributed by atoms with Crippen molar-refractivity contribution in [1.82, 2.24) is 0 Å². The lowest BCUT2D eigenvalue weighted by molar-refractivity contribution is -0.118. The average molecular weight is 292 g/mol. The maximum absolute atomic E-state index is 11.9. The van der Waals surface area contributed by atoms with Crippen molar-refractivity contribution in [3.8, 4) is 11.8 Å². The smallest absolute Gasteiger partial charge is 0.262 e. The highest BCUT2D eigenvalue weighted by Crippen LogP contribution is 2.24. The zero-order valence-electron chi connectivity index (χ0n) is 12.1. The Labute approximate surface area is 129 Å². The van der Waals surface area contributed by atoms with Crippen LogP contribution in [0.2, 0.25) is 0 Å². The van der Waals surface area contributed by atoms with Crippen LogP contribution in [0.3, 0.4) is 0 Å². The zero-order valence-corrected chi connectivity index (χ0v) is 12.1. The van der Waals surface area contributed by atoms with E-state index in [0.29, 0.717) is 11.3 Å². The Morgan fingerprint density at radius 1 is 1.14 bits per heavy atom. The van der Waals surface area contributed by atoms with E-state index in [0.717, 1.165) is 18.5 Å². The molecule has 0 saturated carbocycles. The van der Waals surface area contributed by atoms with Crippen LogP contribution in [0.5, 0.6) is 5.75 Å². The molecule has 0 aromatic heterocycles. The van der Waals surface area contributed by atoms with Crippen molar-refractivity contribution in [2.75, 3.05) is 11.9 Å². The molecule has 0 spiro atoms. The summed E-state index contributed by atoms with van der Waals surface area (Å²) in [6.07, 6.45) is 3.40. The Morgan fingerprint density at radius 3 is 2.68 bits per heavy atom. The maximum atomic E-state index is 11.9. The van der Waals surface area contributed by atoms with Gasteiger partial charge < -0.3 is 10.1 Å². The van der Waals surface area contributed by atoms with Crippen molar-refractivity contribution >= 4 is 11.6 Å². The fraction of sp³-hybridized carbons (Fsp3) is 0.222. The Balaban J connectivity index is 1.55. The van der Waals surface area contributed by atoms with Crippen LogP contribution in [0.25, 0.3) is 0 Å². The molecule has 4 nitrogen and oxygen atoms in total. The molecule has 0 radical (unpaired) electrons. The van der Waals surface area contributed by atoms with Gasteiger partial charge in [0.1, 0.15) is 5.75 Å². The van der Waals surface area contributed by atoms with Crippen LogP contribution >= 0.6 is 0 Å². The van der Waals surface area contributed by atoms with E-state index in [2.05, 4.69) is 11.4 Å². The number of nitrogens with one attached hydrogen (secondary N) is 1. The lowest BCUT2D eigenvalue weighted by Crippen LogP contribution is -2.20. The molecule has 1 N–H and O–H groups in total. The van der Waals surface area contributed by atoms with Crippen LogP contribution in [0.15, 0.2) is 42.5 Å². The first kappa shape index (κ1) is 14.2. The second-order valence-corrected chi connectivity index (χ2v) is 5.31. The number of fused-ring (bicyclic) bond motifs is 1. The predicted molar refractivity (Wildman–Crippen MR) is 83.7 cm³/mol. The van der Waals surface area contributed by atoms with Gasteiger partial charge in [0.15, 0.2) is 6.61 Å². The first-order valence-electron chi connectivity index (χ1n) is 7.29. The summed E-state index contributed by atoms with van der Waals surface area (Å²) in [6, 6.07) is 14.8. The van der Waals surface area contributed by atoms with Crippen molar-refractivity contribution in [3.63, 3.8) is 0 Å². The molecular formula is C18H16N2O2. The van der Waals surface area contributed by atoms with Gasteiger partial charge in [-0.25, -0.2) is 0 Å². The molecule has 2 aromatic carbocycles. The van der Waals surface area contributed by atoms with Crippen molar-refractivity contribution in [3.05, 3.63) is 59.2 Å². The Bertz CT molecular complexity index is 730. The summed E-state index contributed by atoms with van der Waals surface area (Å²) in [4.78, 5) is 11.9. The van der Waals surface area contributed by atoms with Crippen molar-refractivity contribution in [2.24, 2.45) is 0 Å². The highest BCUT2D eigenvalue weighted by molar-refractivity contribution is 5.92. The molecule has 2 aromatic rings.